The van der Waals surface area contributed by atoms with Crippen LogP contribution in [0, 0.1) is 0 Å². The van der Waals surface area contributed by atoms with Crippen molar-refractivity contribution in [2.45, 2.75) is 52.2 Å². The first kappa shape index (κ1) is 23.7. The molecule has 0 spiro atoms. The van der Waals surface area contributed by atoms with Gasteiger partial charge >= 0.3 is 0 Å². The molecule has 33 heavy (non-hydrogen) atoms. The molecule has 0 fully saturated rings. The minimum atomic E-state index is -0.171. The van der Waals surface area contributed by atoms with Crippen molar-refractivity contribution in [1.29, 1.82) is 0 Å². The van der Waals surface area contributed by atoms with E-state index < -0.39 is 0 Å². The Bertz CT molecular complexity index is 1110. The third-order valence-corrected chi connectivity index (χ3v) is 6.99. The van der Waals surface area contributed by atoms with Crippen LogP contribution < -0.4 is 4.74 Å². The van der Waals surface area contributed by atoms with Gasteiger partial charge in [-0.25, -0.2) is 0 Å². The second-order valence-corrected chi connectivity index (χ2v) is 8.89. The minimum absolute atomic E-state index is 0.171. The Labute approximate surface area is 201 Å². The fraction of sp³-hybridized carbons (Fsp3) is 0.444. The smallest absolute Gasteiger partial charge is 0.230 e. The van der Waals surface area contributed by atoms with E-state index in [0.717, 1.165) is 47.0 Å². The van der Waals surface area contributed by atoms with Crippen molar-refractivity contribution in [3.63, 3.8) is 0 Å². The van der Waals surface area contributed by atoms with E-state index in [4.69, 9.17) is 21.1 Å². The van der Waals surface area contributed by atoms with Crippen molar-refractivity contribution in [2.75, 3.05) is 26.8 Å². The van der Waals surface area contributed by atoms with Crippen molar-refractivity contribution in [1.82, 2.24) is 9.47 Å². The maximum atomic E-state index is 13.5. The Morgan fingerprint density at radius 3 is 2.61 bits per heavy atom. The van der Waals surface area contributed by atoms with Crippen LogP contribution >= 0.6 is 11.6 Å². The largest absolute Gasteiger partial charge is 0.496 e. The summed E-state index contributed by atoms with van der Waals surface area (Å²) in [5, 5.41) is 1.66. The number of carbonyl (C=O) groups is 1. The lowest BCUT2D eigenvalue weighted by molar-refractivity contribution is -0.132. The fourth-order valence-electron chi connectivity index (χ4n) is 5.10. The maximum Gasteiger partial charge on any atom is 0.230 e. The first-order valence-electron chi connectivity index (χ1n) is 11.9. The highest BCUT2D eigenvalue weighted by atomic mass is 35.5. The molecule has 1 aliphatic carbocycles. The van der Waals surface area contributed by atoms with Gasteiger partial charge in [-0.05, 0) is 56.4 Å². The van der Waals surface area contributed by atoms with Gasteiger partial charge in [0.2, 0.25) is 5.91 Å². The Morgan fingerprint density at radius 2 is 1.91 bits per heavy atom. The number of aromatic nitrogens is 1. The average Bonchev–Trinajstić information content (AvgIpc) is 3.19. The molecule has 2 aromatic carbocycles. The van der Waals surface area contributed by atoms with Gasteiger partial charge in [0, 0.05) is 30.7 Å². The molecular formula is C27H33ClN2O3. The van der Waals surface area contributed by atoms with Gasteiger partial charge in [0.05, 0.1) is 36.8 Å². The second-order valence-electron chi connectivity index (χ2n) is 8.48. The number of carbonyl (C=O) groups excluding carboxylic acids is 1. The summed E-state index contributed by atoms with van der Waals surface area (Å²) in [7, 11) is 1.68. The zero-order valence-electron chi connectivity index (χ0n) is 19.8. The molecule has 0 radical (unpaired) electrons. The van der Waals surface area contributed by atoms with Gasteiger partial charge < -0.3 is 18.9 Å². The van der Waals surface area contributed by atoms with Crippen LogP contribution in [0.2, 0.25) is 5.02 Å². The summed E-state index contributed by atoms with van der Waals surface area (Å²) in [5.74, 6) is 0.797. The predicted molar refractivity (Wildman–Crippen MR) is 133 cm³/mol. The van der Waals surface area contributed by atoms with Crippen LogP contribution in [0.1, 0.15) is 49.4 Å². The number of benzene rings is 2. The van der Waals surface area contributed by atoms with E-state index in [9.17, 15) is 4.79 Å². The molecule has 3 aromatic rings. The maximum absolute atomic E-state index is 13.5. The van der Waals surface area contributed by atoms with E-state index in [2.05, 4.69) is 16.7 Å². The highest BCUT2D eigenvalue weighted by molar-refractivity contribution is 6.35. The summed E-state index contributed by atoms with van der Waals surface area (Å²) >= 11 is 6.75. The number of nitrogens with zero attached hydrogens (tertiary/aromatic N) is 2. The number of hydrogen-bond acceptors (Lipinski definition) is 3. The predicted octanol–water partition coefficient (Wildman–Crippen LogP) is 5.81. The summed E-state index contributed by atoms with van der Waals surface area (Å²) < 4.78 is 14.0. The average molecular weight is 469 g/mol. The van der Waals surface area contributed by atoms with E-state index >= 15 is 0 Å². The van der Waals surface area contributed by atoms with Gasteiger partial charge in [-0.2, -0.15) is 0 Å². The van der Waals surface area contributed by atoms with Gasteiger partial charge in [0.15, 0.2) is 0 Å². The first-order chi connectivity index (χ1) is 16.1. The minimum Gasteiger partial charge on any atom is -0.496 e. The summed E-state index contributed by atoms with van der Waals surface area (Å²) in [6, 6.07) is 14.0. The molecular weight excluding hydrogens is 436 g/mol. The fourth-order valence-corrected chi connectivity index (χ4v) is 5.36. The van der Waals surface area contributed by atoms with Crippen LogP contribution in [0.15, 0.2) is 42.5 Å². The number of amides is 1. The van der Waals surface area contributed by atoms with Crippen molar-refractivity contribution in [3.05, 3.63) is 64.3 Å². The third-order valence-electron chi connectivity index (χ3n) is 6.69. The number of hydrogen-bond donors (Lipinski definition) is 0. The van der Waals surface area contributed by atoms with Crippen molar-refractivity contribution >= 4 is 28.4 Å². The van der Waals surface area contributed by atoms with Crippen LogP contribution in [-0.2, 0) is 29.1 Å². The summed E-state index contributed by atoms with van der Waals surface area (Å²) in [6.45, 7) is 7.31. The number of likely N-dealkylation sites (N-methyl/N-ethyl adjacent to an activating group) is 1. The number of methoxy groups -OCH3 is 1. The molecule has 0 saturated carbocycles. The lowest BCUT2D eigenvalue weighted by Crippen LogP contribution is -2.36. The highest BCUT2D eigenvalue weighted by Gasteiger charge is 2.35. The monoisotopic (exact) mass is 468 g/mol. The molecule has 1 unspecified atom stereocenters. The zero-order valence-corrected chi connectivity index (χ0v) is 20.5. The molecule has 0 aliphatic heterocycles. The number of halogens is 1. The van der Waals surface area contributed by atoms with Crippen LogP contribution in [-0.4, -0.2) is 42.2 Å². The first-order valence-corrected chi connectivity index (χ1v) is 12.3. The second kappa shape index (κ2) is 10.6. The van der Waals surface area contributed by atoms with Crippen molar-refractivity contribution < 1.29 is 14.3 Å². The lowest BCUT2D eigenvalue weighted by atomic mass is 9.84. The van der Waals surface area contributed by atoms with Crippen molar-refractivity contribution in [2.24, 2.45) is 0 Å². The van der Waals surface area contributed by atoms with E-state index in [0.29, 0.717) is 37.9 Å². The SMILES string of the molecule is CCN(CC)C(=O)C1CCCc2c1c1c(OC)ccc(Cl)c1n2CCOCc1ccccc1. The van der Waals surface area contributed by atoms with Crippen LogP contribution in [0.25, 0.3) is 10.9 Å². The zero-order chi connectivity index (χ0) is 23.4. The molecule has 1 aliphatic rings. The van der Waals surface area contributed by atoms with E-state index in [-0.39, 0.29) is 11.8 Å². The van der Waals surface area contributed by atoms with Gasteiger partial charge in [-0.1, -0.05) is 41.9 Å². The molecule has 0 bridgehead atoms. The highest BCUT2D eigenvalue weighted by Crippen LogP contribution is 2.45. The molecule has 1 atom stereocenters. The Hall–Kier alpha value is -2.50. The molecule has 1 aromatic heterocycles. The van der Waals surface area contributed by atoms with Crippen LogP contribution in [0.3, 0.4) is 0 Å². The molecule has 6 heteroatoms. The van der Waals surface area contributed by atoms with Gasteiger partial charge in [-0.3, -0.25) is 4.79 Å². The number of ether oxygens (including phenoxy) is 2. The van der Waals surface area contributed by atoms with Gasteiger partial charge in [-0.15, -0.1) is 0 Å². The number of rotatable bonds is 9. The molecule has 0 saturated heterocycles. The van der Waals surface area contributed by atoms with E-state index in [1.165, 1.54) is 5.69 Å². The quantitative estimate of drug-likeness (QED) is 0.372. The number of fused-ring (bicyclic) bond motifs is 3. The molecule has 5 nitrogen and oxygen atoms in total. The molecule has 1 heterocycles. The van der Waals surface area contributed by atoms with Crippen LogP contribution in [0.4, 0.5) is 0 Å². The summed E-state index contributed by atoms with van der Waals surface area (Å²) in [6.07, 6.45) is 2.75. The summed E-state index contributed by atoms with van der Waals surface area (Å²) in [5.41, 5.74) is 4.39. The molecule has 1 amide bonds. The third kappa shape index (κ3) is 4.62. The molecule has 0 N–H and O–H groups in total. The Balaban J connectivity index is 1.72. The standard InChI is InChI=1S/C27H33ClN2O3/c1-4-29(5-2)27(31)20-12-9-13-22-24(20)25-23(32-3)15-14-21(28)26(25)30(22)16-17-33-18-19-10-7-6-8-11-19/h6-8,10-11,14-15,20H,4-5,9,12-13,16-18H2,1-3H3. The Morgan fingerprint density at radius 1 is 1.15 bits per heavy atom. The lowest BCUT2D eigenvalue weighted by Gasteiger charge is -2.29. The molecule has 176 valence electrons. The van der Waals surface area contributed by atoms with Crippen molar-refractivity contribution in [3.8, 4) is 5.75 Å². The van der Waals surface area contributed by atoms with Gasteiger partial charge in [0.25, 0.3) is 0 Å². The Kier molecular flexibility index (Phi) is 7.61. The van der Waals surface area contributed by atoms with Gasteiger partial charge in [0.1, 0.15) is 5.75 Å². The molecule has 4 rings (SSSR count). The van der Waals surface area contributed by atoms with E-state index in [1.807, 2.05) is 49.1 Å². The topological polar surface area (TPSA) is 43.7 Å². The van der Waals surface area contributed by atoms with E-state index in [1.54, 1.807) is 7.11 Å². The normalized spacial score (nSPS) is 15.5. The van der Waals surface area contributed by atoms with Crippen LogP contribution in [0.5, 0.6) is 5.75 Å². The summed E-state index contributed by atoms with van der Waals surface area (Å²) in [4.78, 5) is 15.4.